The SMILES string of the molecule is CCOc1ccc(S(=O)(=O)N2CCC(C(=O)NCc3cnn(-c4ccccc4)c3)CC2)cc1. The Hall–Kier alpha value is -3.17. The zero-order chi connectivity index (χ0) is 23.3. The zero-order valence-corrected chi connectivity index (χ0v) is 19.4. The second-order valence-electron chi connectivity index (χ2n) is 7.93. The van der Waals surface area contributed by atoms with Gasteiger partial charge in [-0.3, -0.25) is 4.79 Å². The average molecular weight is 469 g/mol. The first-order chi connectivity index (χ1) is 16.0. The summed E-state index contributed by atoms with van der Waals surface area (Å²) in [7, 11) is -3.59. The molecule has 3 aromatic rings. The van der Waals surface area contributed by atoms with Gasteiger partial charge in [-0.2, -0.15) is 9.40 Å². The molecule has 1 N–H and O–H groups in total. The molecule has 8 nitrogen and oxygen atoms in total. The minimum absolute atomic E-state index is 0.0550. The lowest BCUT2D eigenvalue weighted by molar-refractivity contribution is -0.126. The van der Waals surface area contributed by atoms with E-state index in [1.165, 1.54) is 4.31 Å². The Kier molecular flexibility index (Phi) is 7.10. The van der Waals surface area contributed by atoms with Crippen molar-refractivity contribution in [2.24, 2.45) is 5.92 Å². The molecule has 0 radical (unpaired) electrons. The van der Waals surface area contributed by atoms with E-state index in [-0.39, 0.29) is 16.7 Å². The van der Waals surface area contributed by atoms with Gasteiger partial charge >= 0.3 is 0 Å². The van der Waals surface area contributed by atoms with Crippen LogP contribution >= 0.6 is 0 Å². The third kappa shape index (κ3) is 5.43. The predicted octanol–water partition coefficient (Wildman–Crippen LogP) is 2.99. The van der Waals surface area contributed by atoms with Crippen LogP contribution in [-0.4, -0.2) is 48.1 Å². The maximum atomic E-state index is 12.9. The lowest BCUT2D eigenvalue weighted by Gasteiger charge is -2.30. The van der Waals surface area contributed by atoms with Gasteiger partial charge < -0.3 is 10.1 Å². The molecule has 1 amide bonds. The van der Waals surface area contributed by atoms with Crippen LogP contribution in [-0.2, 0) is 21.4 Å². The minimum atomic E-state index is -3.59. The highest BCUT2D eigenvalue weighted by Crippen LogP contribution is 2.25. The fraction of sp³-hybridized carbons (Fsp3) is 0.333. The number of hydrogen-bond donors (Lipinski definition) is 1. The quantitative estimate of drug-likeness (QED) is 0.549. The van der Waals surface area contributed by atoms with Gasteiger partial charge in [0.1, 0.15) is 5.75 Å². The topological polar surface area (TPSA) is 93.5 Å². The van der Waals surface area contributed by atoms with E-state index in [9.17, 15) is 13.2 Å². The van der Waals surface area contributed by atoms with Gasteiger partial charge in [0.15, 0.2) is 0 Å². The number of amides is 1. The molecule has 1 aliphatic heterocycles. The van der Waals surface area contributed by atoms with E-state index in [2.05, 4.69) is 10.4 Å². The fourth-order valence-electron chi connectivity index (χ4n) is 3.89. The number of carbonyl (C=O) groups is 1. The molecule has 2 heterocycles. The van der Waals surface area contributed by atoms with Crippen molar-refractivity contribution in [2.75, 3.05) is 19.7 Å². The number of sulfonamides is 1. The van der Waals surface area contributed by atoms with Gasteiger partial charge in [0.2, 0.25) is 15.9 Å². The van der Waals surface area contributed by atoms with Crippen LogP contribution in [0.3, 0.4) is 0 Å². The van der Waals surface area contributed by atoms with Gasteiger partial charge in [-0.1, -0.05) is 18.2 Å². The molecule has 1 aliphatic rings. The molecule has 0 saturated carbocycles. The van der Waals surface area contributed by atoms with Gasteiger partial charge in [-0.15, -0.1) is 0 Å². The van der Waals surface area contributed by atoms with Crippen LogP contribution in [0.4, 0.5) is 0 Å². The van der Waals surface area contributed by atoms with Crippen LogP contribution in [0.25, 0.3) is 5.69 Å². The highest BCUT2D eigenvalue weighted by atomic mass is 32.2. The molecule has 0 spiro atoms. The van der Waals surface area contributed by atoms with Crippen LogP contribution in [0, 0.1) is 5.92 Å². The van der Waals surface area contributed by atoms with Crippen molar-refractivity contribution in [1.29, 1.82) is 0 Å². The van der Waals surface area contributed by atoms with Crippen LogP contribution < -0.4 is 10.1 Å². The number of benzene rings is 2. The maximum absolute atomic E-state index is 12.9. The van der Waals surface area contributed by atoms with Crippen molar-refractivity contribution in [3.63, 3.8) is 0 Å². The molecule has 33 heavy (non-hydrogen) atoms. The van der Waals surface area contributed by atoms with Crippen molar-refractivity contribution in [3.8, 4) is 11.4 Å². The molecule has 4 rings (SSSR count). The molecule has 174 valence electrons. The van der Waals surface area contributed by atoms with Crippen LogP contribution in [0.2, 0.25) is 0 Å². The Morgan fingerprint density at radius 2 is 1.79 bits per heavy atom. The third-order valence-electron chi connectivity index (χ3n) is 5.72. The molecule has 2 aromatic carbocycles. The summed E-state index contributed by atoms with van der Waals surface area (Å²) in [6, 6.07) is 16.2. The molecule has 0 aliphatic carbocycles. The monoisotopic (exact) mass is 468 g/mol. The van der Waals surface area contributed by atoms with E-state index in [4.69, 9.17) is 4.74 Å². The Bertz CT molecular complexity index is 1170. The van der Waals surface area contributed by atoms with Gasteiger partial charge in [0.05, 0.1) is 23.4 Å². The molecule has 1 saturated heterocycles. The first-order valence-electron chi connectivity index (χ1n) is 11.1. The Balaban J connectivity index is 1.28. The van der Waals surface area contributed by atoms with Crippen LogP contribution in [0.5, 0.6) is 5.75 Å². The van der Waals surface area contributed by atoms with E-state index >= 15 is 0 Å². The molecule has 9 heteroatoms. The molecule has 0 unspecified atom stereocenters. The number of para-hydroxylation sites is 1. The standard InChI is InChI=1S/C24H28N4O4S/c1-2-32-22-8-10-23(11-9-22)33(30,31)27-14-12-20(13-15-27)24(29)25-16-19-17-26-28(18-19)21-6-4-3-5-7-21/h3-11,17-18,20H,2,12-16H2,1H3,(H,25,29). The second-order valence-corrected chi connectivity index (χ2v) is 9.87. The van der Waals surface area contributed by atoms with Crippen molar-refractivity contribution in [2.45, 2.75) is 31.2 Å². The summed E-state index contributed by atoms with van der Waals surface area (Å²) >= 11 is 0. The number of hydrogen-bond acceptors (Lipinski definition) is 5. The lowest BCUT2D eigenvalue weighted by atomic mass is 9.97. The van der Waals surface area contributed by atoms with Crippen molar-refractivity contribution >= 4 is 15.9 Å². The number of nitrogens with zero attached hydrogens (tertiary/aromatic N) is 3. The minimum Gasteiger partial charge on any atom is -0.494 e. The first kappa shape index (κ1) is 23.0. The molecule has 1 fully saturated rings. The molecular weight excluding hydrogens is 440 g/mol. The van der Waals surface area contributed by atoms with Crippen molar-refractivity contribution in [1.82, 2.24) is 19.4 Å². The summed E-state index contributed by atoms with van der Waals surface area (Å²) in [6.07, 6.45) is 4.61. The lowest BCUT2D eigenvalue weighted by Crippen LogP contribution is -2.42. The van der Waals surface area contributed by atoms with Gasteiger partial charge in [0.25, 0.3) is 0 Å². The number of aromatic nitrogens is 2. The Morgan fingerprint density at radius 3 is 2.45 bits per heavy atom. The highest BCUT2D eigenvalue weighted by molar-refractivity contribution is 7.89. The van der Waals surface area contributed by atoms with Crippen molar-refractivity contribution in [3.05, 3.63) is 72.6 Å². The van der Waals surface area contributed by atoms with Gasteiger partial charge in [-0.25, -0.2) is 13.1 Å². The molecule has 0 bridgehead atoms. The van der Waals surface area contributed by atoms with Crippen LogP contribution in [0.15, 0.2) is 71.9 Å². The molecular formula is C24H28N4O4S. The number of piperidine rings is 1. The zero-order valence-electron chi connectivity index (χ0n) is 18.6. The molecule has 1 aromatic heterocycles. The number of rotatable bonds is 8. The summed E-state index contributed by atoms with van der Waals surface area (Å²) in [5, 5.41) is 7.31. The number of ether oxygens (including phenoxy) is 1. The van der Waals surface area contributed by atoms with Gasteiger partial charge in [0, 0.05) is 37.3 Å². The Morgan fingerprint density at radius 1 is 1.09 bits per heavy atom. The maximum Gasteiger partial charge on any atom is 0.243 e. The number of carbonyl (C=O) groups excluding carboxylic acids is 1. The van der Waals surface area contributed by atoms with Crippen molar-refractivity contribution < 1.29 is 17.9 Å². The summed E-state index contributed by atoms with van der Waals surface area (Å²) in [5.74, 6) is 0.377. The van der Waals surface area contributed by atoms with E-state index in [0.717, 1.165) is 11.3 Å². The van der Waals surface area contributed by atoms with Gasteiger partial charge in [-0.05, 0) is 56.2 Å². The normalized spacial score (nSPS) is 15.3. The summed E-state index contributed by atoms with van der Waals surface area (Å²) in [4.78, 5) is 12.9. The third-order valence-corrected chi connectivity index (χ3v) is 7.63. The van der Waals surface area contributed by atoms with E-state index in [0.29, 0.717) is 44.8 Å². The summed E-state index contributed by atoms with van der Waals surface area (Å²) in [5.41, 5.74) is 1.86. The van der Waals surface area contributed by atoms with E-state index < -0.39 is 10.0 Å². The first-order valence-corrected chi connectivity index (χ1v) is 12.5. The summed E-state index contributed by atoms with van der Waals surface area (Å²) < 4.78 is 34.5. The average Bonchev–Trinajstić information content (AvgIpc) is 3.33. The largest absolute Gasteiger partial charge is 0.494 e. The molecule has 0 atom stereocenters. The fourth-order valence-corrected chi connectivity index (χ4v) is 5.36. The predicted molar refractivity (Wildman–Crippen MR) is 125 cm³/mol. The highest BCUT2D eigenvalue weighted by Gasteiger charge is 2.32. The second kappa shape index (κ2) is 10.2. The smallest absolute Gasteiger partial charge is 0.243 e. The summed E-state index contributed by atoms with van der Waals surface area (Å²) in [6.45, 7) is 3.43. The Labute approximate surface area is 194 Å². The number of nitrogens with one attached hydrogen (secondary N) is 1. The van der Waals surface area contributed by atoms with Crippen LogP contribution in [0.1, 0.15) is 25.3 Å². The van der Waals surface area contributed by atoms with E-state index in [1.54, 1.807) is 35.1 Å². The van der Waals surface area contributed by atoms with E-state index in [1.807, 2.05) is 43.5 Å².